The van der Waals surface area contributed by atoms with Gasteiger partial charge in [-0.1, -0.05) is 124 Å². The lowest BCUT2D eigenvalue weighted by Gasteiger charge is -2.57. The molecule has 0 aromatic heterocycles. The van der Waals surface area contributed by atoms with Gasteiger partial charge >= 0.3 is 5.97 Å². The Bertz CT molecular complexity index is 1430. The maximum absolute atomic E-state index is 12.8. The number of methoxy groups -OCH3 is 1. The second kappa shape index (κ2) is 8.98. The zero-order valence-corrected chi connectivity index (χ0v) is 22.9. The van der Waals surface area contributed by atoms with Gasteiger partial charge in [0.1, 0.15) is 0 Å². The van der Waals surface area contributed by atoms with Crippen molar-refractivity contribution in [2.75, 3.05) is 7.11 Å². The van der Waals surface area contributed by atoms with Gasteiger partial charge < -0.3 is 4.74 Å². The second-order valence-corrected chi connectivity index (χ2v) is 11.4. The van der Waals surface area contributed by atoms with E-state index in [1.165, 1.54) is 51.6 Å². The summed E-state index contributed by atoms with van der Waals surface area (Å²) in [4.78, 5) is 12.8. The maximum atomic E-state index is 12.8. The highest BCUT2D eigenvalue weighted by molar-refractivity contribution is 5.85. The molecule has 2 heteroatoms. The van der Waals surface area contributed by atoms with Crippen molar-refractivity contribution in [3.63, 3.8) is 0 Å². The summed E-state index contributed by atoms with van der Waals surface area (Å²) in [7, 11) is 1.50. The first-order valence-electron chi connectivity index (χ1n) is 13.9. The molecule has 38 heavy (non-hydrogen) atoms. The molecule has 0 fully saturated rings. The van der Waals surface area contributed by atoms with Crippen molar-refractivity contribution < 1.29 is 9.53 Å². The van der Waals surface area contributed by atoms with E-state index in [0.29, 0.717) is 12.8 Å². The maximum Gasteiger partial charge on any atom is 0.305 e. The van der Waals surface area contributed by atoms with Gasteiger partial charge in [0.2, 0.25) is 0 Å². The molecule has 0 saturated heterocycles. The number of hydrogen-bond acceptors (Lipinski definition) is 2. The number of rotatable bonds is 7. The highest BCUT2D eigenvalue weighted by Gasteiger charge is 2.64. The Balaban J connectivity index is 1.73. The Hall–Kier alpha value is -3.65. The third-order valence-electron chi connectivity index (χ3n) is 9.82. The Morgan fingerprint density at radius 2 is 0.974 bits per heavy atom. The second-order valence-electron chi connectivity index (χ2n) is 11.4. The molecule has 0 heterocycles. The van der Waals surface area contributed by atoms with E-state index >= 15 is 0 Å². The fraction of sp³-hybridized carbons (Fsp3) is 0.306. The predicted octanol–water partition coefficient (Wildman–Crippen LogP) is 8.70. The summed E-state index contributed by atoms with van der Waals surface area (Å²) in [5, 5.41) is 0. The minimum absolute atomic E-state index is 0.154. The van der Waals surface area contributed by atoms with E-state index in [-0.39, 0.29) is 16.8 Å². The number of esters is 1. The van der Waals surface area contributed by atoms with Crippen LogP contribution >= 0.6 is 0 Å². The van der Waals surface area contributed by atoms with E-state index in [0.717, 1.165) is 12.8 Å². The van der Waals surface area contributed by atoms with Crippen LogP contribution in [0.2, 0.25) is 0 Å². The van der Waals surface area contributed by atoms with Crippen molar-refractivity contribution in [1.29, 1.82) is 0 Å². The van der Waals surface area contributed by atoms with E-state index in [2.05, 4.69) is 118 Å². The number of carbonyl (C=O) groups is 1. The lowest BCUT2D eigenvalue weighted by Crippen LogP contribution is -2.55. The van der Waals surface area contributed by atoms with Gasteiger partial charge in [-0.25, -0.2) is 0 Å². The monoisotopic (exact) mass is 500 g/mol. The third-order valence-corrected chi connectivity index (χ3v) is 9.82. The van der Waals surface area contributed by atoms with Crippen molar-refractivity contribution in [1.82, 2.24) is 0 Å². The zero-order valence-electron chi connectivity index (χ0n) is 22.9. The van der Waals surface area contributed by atoms with Gasteiger partial charge in [-0.15, -0.1) is 0 Å². The molecule has 0 atom stereocenters. The van der Waals surface area contributed by atoms with Crippen LogP contribution in [0.5, 0.6) is 0 Å². The first-order chi connectivity index (χ1) is 18.4. The molecule has 0 aliphatic heterocycles. The largest absolute Gasteiger partial charge is 0.469 e. The van der Waals surface area contributed by atoms with Gasteiger partial charge in [-0.05, 0) is 62.8 Å². The van der Waals surface area contributed by atoms with Crippen LogP contribution in [0.1, 0.15) is 68.7 Å². The number of hydrogen-bond donors (Lipinski definition) is 0. The molecule has 6 rings (SSSR count). The average Bonchev–Trinajstić information content (AvgIpc) is 3.42. The van der Waals surface area contributed by atoms with E-state index in [9.17, 15) is 4.79 Å². The van der Waals surface area contributed by atoms with Crippen LogP contribution in [0.15, 0.2) is 97.1 Å². The van der Waals surface area contributed by atoms with E-state index < -0.39 is 5.41 Å². The van der Waals surface area contributed by atoms with Gasteiger partial charge in [0.15, 0.2) is 0 Å². The van der Waals surface area contributed by atoms with Crippen molar-refractivity contribution in [2.24, 2.45) is 5.41 Å². The molecule has 0 N–H and O–H groups in total. The third kappa shape index (κ3) is 3.04. The standard InChI is InChI=1S/C36H36O2/c1-5-23-35(29-18-10-6-14-25(29)26-15-7-11-19-30(26)35)34(2,3)36(24-22-33(37)38-4)31-20-12-8-16-27(31)28-17-9-13-21-32(28)36/h6-21H,5,22-24H2,1-4H3. The summed E-state index contributed by atoms with van der Waals surface area (Å²) >= 11 is 0. The van der Waals surface area contributed by atoms with Crippen LogP contribution in [0, 0.1) is 5.41 Å². The van der Waals surface area contributed by atoms with Crippen molar-refractivity contribution in [2.45, 2.75) is 57.3 Å². The Morgan fingerprint density at radius 3 is 1.32 bits per heavy atom. The van der Waals surface area contributed by atoms with Gasteiger partial charge in [0.25, 0.3) is 0 Å². The van der Waals surface area contributed by atoms with Crippen LogP contribution in [-0.2, 0) is 20.4 Å². The topological polar surface area (TPSA) is 26.3 Å². The van der Waals surface area contributed by atoms with Crippen LogP contribution in [0.4, 0.5) is 0 Å². The molecular weight excluding hydrogens is 464 g/mol. The SMILES string of the molecule is CCCC1(C(C)(C)C2(CCC(=O)OC)c3ccccc3-c3ccccc32)c2ccccc2-c2ccccc21. The summed E-state index contributed by atoms with van der Waals surface area (Å²) in [6.07, 6.45) is 3.14. The van der Waals surface area contributed by atoms with Crippen molar-refractivity contribution in [3.05, 3.63) is 119 Å². The van der Waals surface area contributed by atoms with Gasteiger partial charge in [-0.2, -0.15) is 0 Å². The minimum atomic E-state index is -0.395. The lowest BCUT2D eigenvalue weighted by molar-refractivity contribution is -0.141. The fourth-order valence-electron chi connectivity index (χ4n) is 8.29. The quantitative estimate of drug-likeness (QED) is 0.237. The normalized spacial score (nSPS) is 15.8. The van der Waals surface area contributed by atoms with Crippen molar-refractivity contribution in [3.8, 4) is 22.3 Å². The molecule has 0 spiro atoms. The Kier molecular flexibility index (Phi) is 5.83. The number of benzene rings is 4. The molecule has 4 aromatic carbocycles. The summed E-state index contributed by atoms with van der Waals surface area (Å²) in [6, 6.07) is 35.7. The molecule has 2 aliphatic rings. The summed E-state index contributed by atoms with van der Waals surface area (Å²) in [5.74, 6) is -0.154. The van der Waals surface area contributed by atoms with Crippen LogP contribution < -0.4 is 0 Å². The molecule has 0 bridgehead atoms. The average molecular weight is 501 g/mol. The van der Waals surface area contributed by atoms with Crippen molar-refractivity contribution >= 4 is 5.97 Å². The van der Waals surface area contributed by atoms with Crippen LogP contribution in [0.25, 0.3) is 22.3 Å². The fourth-order valence-corrected chi connectivity index (χ4v) is 8.29. The molecule has 4 aromatic rings. The number of carbonyl (C=O) groups excluding carboxylic acids is 1. The predicted molar refractivity (Wildman–Crippen MR) is 155 cm³/mol. The first-order valence-corrected chi connectivity index (χ1v) is 13.9. The van der Waals surface area contributed by atoms with Crippen LogP contribution in [0.3, 0.4) is 0 Å². The molecule has 0 unspecified atom stereocenters. The summed E-state index contributed by atoms with van der Waals surface area (Å²) < 4.78 is 5.22. The number of ether oxygens (including phenoxy) is 1. The molecular formula is C36H36O2. The Morgan fingerprint density at radius 1 is 0.632 bits per heavy atom. The zero-order chi connectivity index (χ0) is 26.5. The molecule has 2 aliphatic carbocycles. The molecule has 0 amide bonds. The smallest absolute Gasteiger partial charge is 0.305 e. The first kappa shape index (κ1) is 24.7. The minimum Gasteiger partial charge on any atom is -0.469 e. The number of fused-ring (bicyclic) bond motifs is 6. The van der Waals surface area contributed by atoms with E-state index in [4.69, 9.17) is 4.74 Å². The molecule has 192 valence electrons. The van der Waals surface area contributed by atoms with Gasteiger partial charge in [0.05, 0.1) is 7.11 Å². The molecule has 0 radical (unpaired) electrons. The van der Waals surface area contributed by atoms with Crippen LogP contribution in [-0.4, -0.2) is 13.1 Å². The summed E-state index contributed by atoms with van der Waals surface area (Å²) in [5.41, 5.74) is 9.79. The highest BCUT2D eigenvalue weighted by atomic mass is 16.5. The van der Waals surface area contributed by atoms with E-state index in [1.807, 2.05) is 0 Å². The van der Waals surface area contributed by atoms with Gasteiger partial charge in [-0.3, -0.25) is 4.79 Å². The Labute approximate surface area is 226 Å². The highest BCUT2D eigenvalue weighted by Crippen LogP contribution is 2.70. The molecule has 0 saturated carbocycles. The molecule has 2 nitrogen and oxygen atoms in total. The summed E-state index contributed by atoms with van der Waals surface area (Å²) in [6.45, 7) is 7.24. The van der Waals surface area contributed by atoms with Gasteiger partial charge in [0, 0.05) is 17.3 Å². The van der Waals surface area contributed by atoms with E-state index in [1.54, 1.807) is 0 Å². The lowest BCUT2D eigenvalue weighted by atomic mass is 9.45.